The number of nitrogens with two attached hydrogens (primary N) is 1. The van der Waals surface area contributed by atoms with Crippen molar-refractivity contribution in [3.05, 3.63) is 17.7 Å². The maximum atomic E-state index is 11.1. The van der Waals surface area contributed by atoms with Crippen LogP contribution >= 0.6 is 0 Å². The summed E-state index contributed by atoms with van der Waals surface area (Å²) < 4.78 is 22.2. The quantitative estimate of drug-likeness (QED) is 0.517. The van der Waals surface area contributed by atoms with Crippen LogP contribution < -0.4 is 5.73 Å². The first kappa shape index (κ1) is 9.85. The molecule has 0 aliphatic carbocycles. The van der Waals surface area contributed by atoms with Gasteiger partial charge in [0.1, 0.15) is 5.75 Å². The third-order valence-electron chi connectivity index (χ3n) is 1.73. The molecule has 0 unspecified atom stereocenters. The van der Waals surface area contributed by atoms with Gasteiger partial charge in [-0.3, -0.25) is 0 Å². The van der Waals surface area contributed by atoms with E-state index in [1.165, 1.54) is 12.1 Å². The molecule has 1 aromatic rings. The molecule has 0 spiro atoms. The zero-order valence-corrected chi connectivity index (χ0v) is 8.22. The highest BCUT2D eigenvalue weighted by Gasteiger charge is 2.11. The van der Waals surface area contributed by atoms with Crippen molar-refractivity contribution >= 4 is 15.5 Å². The van der Waals surface area contributed by atoms with Crippen molar-refractivity contribution < 1.29 is 13.5 Å². The van der Waals surface area contributed by atoms with Crippen molar-refractivity contribution in [2.45, 2.75) is 11.8 Å². The molecule has 0 saturated heterocycles. The second kappa shape index (κ2) is 2.92. The number of rotatable bonds is 1. The minimum absolute atomic E-state index is 0.0626. The minimum Gasteiger partial charge on any atom is -0.506 e. The van der Waals surface area contributed by atoms with Gasteiger partial charge in [-0.25, -0.2) is 8.42 Å². The maximum Gasteiger partial charge on any atom is 0.175 e. The summed E-state index contributed by atoms with van der Waals surface area (Å²) in [6.07, 6.45) is 1.10. The van der Waals surface area contributed by atoms with Crippen LogP contribution in [0.4, 0.5) is 5.69 Å². The molecule has 72 valence electrons. The minimum atomic E-state index is -3.26. The van der Waals surface area contributed by atoms with Gasteiger partial charge in [0.05, 0.1) is 10.6 Å². The van der Waals surface area contributed by atoms with Gasteiger partial charge in [-0.15, -0.1) is 0 Å². The SMILES string of the molecule is Cc1cc(S(C)(=O)=O)cc(N)c1O. The highest BCUT2D eigenvalue weighted by Crippen LogP contribution is 2.27. The van der Waals surface area contributed by atoms with E-state index in [0.29, 0.717) is 5.56 Å². The first-order valence-electron chi connectivity index (χ1n) is 3.61. The molecule has 0 saturated carbocycles. The molecular formula is C8H11NO3S. The van der Waals surface area contributed by atoms with Crippen molar-refractivity contribution in [1.82, 2.24) is 0 Å². The zero-order valence-electron chi connectivity index (χ0n) is 7.40. The van der Waals surface area contributed by atoms with Crippen LogP contribution in [0.3, 0.4) is 0 Å². The van der Waals surface area contributed by atoms with Gasteiger partial charge in [-0.05, 0) is 24.6 Å². The molecule has 0 atom stereocenters. The second-order valence-electron chi connectivity index (χ2n) is 2.95. The monoisotopic (exact) mass is 201 g/mol. The molecule has 0 aliphatic rings. The lowest BCUT2D eigenvalue weighted by molar-refractivity contribution is 0.473. The van der Waals surface area contributed by atoms with E-state index < -0.39 is 9.84 Å². The highest BCUT2D eigenvalue weighted by molar-refractivity contribution is 7.90. The van der Waals surface area contributed by atoms with Gasteiger partial charge in [0, 0.05) is 6.26 Å². The fraction of sp³-hybridized carbons (Fsp3) is 0.250. The van der Waals surface area contributed by atoms with Gasteiger partial charge >= 0.3 is 0 Å². The number of phenolic OH excluding ortho intramolecular Hbond substituents is 1. The number of sulfone groups is 1. The Bertz CT molecular complexity index is 414. The first-order chi connectivity index (χ1) is 5.82. The van der Waals surface area contributed by atoms with Crippen LogP contribution in [0, 0.1) is 6.92 Å². The summed E-state index contributed by atoms with van der Waals surface area (Å²) in [6, 6.07) is 2.64. The zero-order chi connectivity index (χ0) is 10.2. The van der Waals surface area contributed by atoms with Crippen LogP contribution in [0.1, 0.15) is 5.56 Å². The van der Waals surface area contributed by atoms with Crippen LogP contribution in [0.25, 0.3) is 0 Å². The predicted molar refractivity (Wildman–Crippen MR) is 50.4 cm³/mol. The van der Waals surface area contributed by atoms with E-state index in [9.17, 15) is 13.5 Å². The molecule has 0 aliphatic heterocycles. The number of hydrogen-bond acceptors (Lipinski definition) is 4. The summed E-state index contributed by atoms with van der Waals surface area (Å²) >= 11 is 0. The Labute approximate surface area is 76.9 Å². The molecule has 1 aromatic carbocycles. The van der Waals surface area contributed by atoms with Crippen LogP contribution in [-0.2, 0) is 9.84 Å². The Morgan fingerprint density at radius 1 is 1.38 bits per heavy atom. The third-order valence-corrected chi connectivity index (χ3v) is 2.82. The smallest absolute Gasteiger partial charge is 0.175 e. The molecular weight excluding hydrogens is 190 g/mol. The lowest BCUT2D eigenvalue weighted by Crippen LogP contribution is -1.99. The molecule has 4 nitrogen and oxygen atoms in total. The molecule has 13 heavy (non-hydrogen) atoms. The average molecular weight is 201 g/mol. The van der Waals surface area contributed by atoms with Gasteiger partial charge in [0.15, 0.2) is 9.84 Å². The number of aryl methyl sites for hydroxylation is 1. The van der Waals surface area contributed by atoms with Crippen molar-refractivity contribution in [2.75, 3.05) is 12.0 Å². The fourth-order valence-corrected chi connectivity index (χ4v) is 1.72. The number of benzene rings is 1. The second-order valence-corrected chi connectivity index (χ2v) is 4.97. The van der Waals surface area contributed by atoms with Crippen LogP contribution in [-0.4, -0.2) is 19.8 Å². The number of nitrogen functional groups attached to an aromatic ring is 1. The normalized spacial score (nSPS) is 11.5. The Morgan fingerprint density at radius 2 is 1.92 bits per heavy atom. The van der Waals surface area contributed by atoms with Crippen molar-refractivity contribution in [1.29, 1.82) is 0 Å². The summed E-state index contributed by atoms with van der Waals surface area (Å²) in [5, 5.41) is 9.28. The molecule has 0 radical (unpaired) electrons. The largest absolute Gasteiger partial charge is 0.506 e. The number of aromatic hydroxyl groups is 1. The fourth-order valence-electron chi connectivity index (χ4n) is 0.987. The van der Waals surface area contributed by atoms with E-state index >= 15 is 0 Å². The molecule has 5 heteroatoms. The van der Waals surface area contributed by atoms with Crippen LogP contribution in [0.5, 0.6) is 5.75 Å². The molecule has 1 rings (SSSR count). The van der Waals surface area contributed by atoms with E-state index in [0.717, 1.165) is 6.26 Å². The van der Waals surface area contributed by atoms with E-state index in [1.54, 1.807) is 6.92 Å². The third kappa shape index (κ3) is 1.92. The van der Waals surface area contributed by atoms with E-state index in [2.05, 4.69) is 0 Å². The van der Waals surface area contributed by atoms with Crippen LogP contribution in [0.2, 0.25) is 0 Å². The van der Waals surface area contributed by atoms with Gasteiger partial charge in [-0.1, -0.05) is 0 Å². The van der Waals surface area contributed by atoms with E-state index in [-0.39, 0.29) is 16.3 Å². The Balaban J connectivity index is 3.47. The Hall–Kier alpha value is -1.23. The van der Waals surface area contributed by atoms with E-state index in [1.807, 2.05) is 0 Å². The Morgan fingerprint density at radius 3 is 2.31 bits per heavy atom. The molecule has 0 aromatic heterocycles. The maximum absolute atomic E-state index is 11.1. The van der Waals surface area contributed by atoms with E-state index in [4.69, 9.17) is 5.73 Å². The first-order valence-corrected chi connectivity index (χ1v) is 5.50. The molecule has 0 fully saturated rings. The topological polar surface area (TPSA) is 80.4 Å². The standard InChI is InChI=1S/C8H11NO3S/c1-5-3-6(13(2,11)12)4-7(9)8(5)10/h3-4,10H,9H2,1-2H3. The van der Waals surface area contributed by atoms with Gasteiger partial charge in [0.25, 0.3) is 0 Å². The van der Waals surface area contributed by atoms with Gasteiger partial charge < -0.3 is 10.8 Å². The lowest BCUT2D eigenvalue weighted by atomic mass is 10.2. The van der Waals surface area contributed by atoms with Gasteiger partial charge in [0.2, 0.25) is 0 Å². The van der Waals surface area contributed by atoms with Crippen molar-refractivity contribution in [3.8, 4) is 5.75 Å². The summed E-state index contributed by atoms with van der Waals surface area (Å²) in [5.41, 5.74) is 5.95. The summed E-state index contributed by atoms with van der Waals surface area (Å²) in [5.74, 6) is -0.0626. The summed E-state index contributed by atoms with van der Waals surface area (Å²) in [7, 11) is -3.26. The molecule has 3 N–H and O–H groups in total. The number of anilines is 1. The average Bonchev–Trinajstić information content (AvgIpc) is 1.97. The lowest BCUT2D eigenvalue weighted by Gasteiger charge is -2.05. The number of phenols is 1. The molecule has 0 amide bonds. The summed E-state index contributed by atoms with van der Waals surface area (Å²) in [4.78, 5) is 0.125. The number of hydrogen-bond donors (Lipinski definition) is 2. The van der Waals surface area contributed by atoms with Crippen LogP contribution in [0.15, 0.2) is 17.0 Å². The molecule has 0 heterocycles. The van der Waals surface area contributed by atoms with Crippen molar-refractivity contribution in [3.63, 3.8) is 0 Å². The predicted octanol–water partition coefficient (Wildman–Crippen LogP) is 0.686. The van der Waals surface area contributed by atoms with Gasteiger partial charge in [-0.2, -0.15) is 0 Å². The highest BCUT2D eigenvalue weighted by atomic mass is 32.2. The van der Waals surface area contributed by atoms with Crippen molar-refractivity contribution in [2.24, 2.45) is 0 Å². The molecule has 0 bridgehead atoms. The Kier molecular flexibility index (Phi) is 2.21. The summed E-state index contributed by atoms with van der Waals surface area (Å²) in [6.45, 7) is 1.60.